The molecule has 0 rings (SSSR count). The molecule has 3 heteroatoms. The van der Waals surface area contributed by atoms with E-state index in [1.807, 2.05) is 13.8 Å². The molecule has 0 aromatic rings. The lowest BCUT2D eigenvalue weighted by Gasteiger charge is -2.15. The van der Waals surface area contributed by atoms with Crippen molar-refractivity contribution in [3.8, 4) is 12.3 Å². The number of nitrogens with one attached hydrogen (secondary N) is 1. The largest absolute Gasteiger partial charge is 0.465 e. The molecule has 0 aliphatic rings. The summed E-state index contributed by atoms with van der Waals surface area (Å²) in [5.74, 6) is 2.35. The van der Waals surface area contributed by atoms with Crippen LogP contribution in [0.3, 0.4) is 0 Å². The number of rotatable bonds is 7. The van der Waals surface area contributed by atoms with E-state index >= 15 is 0 Å². The Hall–Kier alpha value is -1.01. The summed E-state index contributed by atoms with van der Waals surface area (Å²) in [4.78, 5) is 11.4. The zero-order valence-corrected chi connectivity index (χ0v) is 9.01. The maximum atomic E-state index is 11.4. The third-order valence-electron chi connectivity index (χ3n) is 1.81. The average molecular weight is 197 g/mol. The lowest BCUT2D eigenvalue weighted by atomic mass is 10.1. The fraction of sp³-hybridized carbons (Fsp3) is 0.727. The molecule has 0 heterocycles. The van der Waals surface area contributed by atoms with E-state index in [0.29, 0.717) is 19.6 Å². The molecule has 0 saturated carbocycles. The first-order valence-corrected chi connectivity index (χ1v) is 5.09. The van der Waals surface area contributed by atoms with E-state index in [2.05, 4.69) is 11.2 Å². The van der Waals surface area contributed by atoms with Gasteiger partial charge in [0.15, 0.2) is 0 Å². The van der Waals surface area contributed by atoms with Gasteiger partial charge in [-0.1, -0.05) is 13.3 Å². The van der Waals surface area contributed by atoms with E-state index in [9.17, 15) is 4.79 Å². The highest BCUT2D eigenvalue weighted by atomic mass is 16.5. The Balaban J connectivity index is 3.88. The zero-order chi connectivity index (χ0) is 10.8. The van der Waals surface area contributed by atoms with Crippen LogP contribution in [-0.4, -0.2) is 25.2 Å². The van der Waals surface area contributed by atoms with Crippen molar-refractivity contribution in [3.05, 3.63) is 0 Å². The van der Waals surface area contributed by atoms with Crippen molar-refractivity contribution >= 4 is 5.97 Å². The molecular weight excluding hydrogens is 178 g/mol. The van der Waals surface area contributed by atoms with Gasteiger partial charge in [0, 0.05) is 13.0 Å². The number of ether oxygens (including phenoxy) is 1. The molecule has 0 saturated heterocycles. The Morgan fingerprint density at radius 2 is 2.29 bits per heavy atom. The topological polar surface area (TPSA) is 38.3 Å². The molecule has 0 bridgehead atoms. The predicted molar refractivity (Wildman–Crippen MR) is 56.8 cm³/mol. The maximum Gasteiger partial charge on any atom is 0.323 e. The first-order chi connectivity index (χ1) is 6.76. The molecular formula is C11H19NO2. The molecule has 0 amide bonds. The minimum Gasteiger partial charge on any atom is -0.465 e. The van der Waals surface area contributed by atoms with Crippen LogP contribution in [0.1, 0.15) is 33.1 Å². The smallest absolute Gasteiger partial charge is 0.323 e. The first-order valence-electron chi connectivity index (χ1n) is 5.09. The summed E-state index contributed by atoms with van der Waals surface area (Å²) in [6.45, 7) is 4.94. The normalized spacial score (nSPS) is 11.8. The van der Waals surface area contributed by atoms with Crippen molar-refractivity contribution in [2.75, 3.05) is 13.2 Å². The summed E-state index contributed by atoms with van der Waals surface area (Å²) in [7, 11) is 0. The predicted octanol–water partition coefficient (Wildman–Crippen LogP) is 1.33. The highest BCUT2D eigenvalue weighted by Crippen LogP contribution is 1.99. The van der Waals surface area contributed by atoms with Gasteiger partial charge in [-0.3, -0.25) is 4.79 Å². The summed E-state index contributed by atoms with van der Waals surface area (Å²) in [5.41, 5.74) is 0. The second kappa shape index (κ2) is 8.58. The van der Waals surface area contributed by atoms with Crippen LogP contribution in [0.25, 0.3) is 0 Å². The van der Waals surface area contributed by atoms with Gasteiger partial charge in [-0.15, -0.1) is 12.3 Å². The van der Waals surface area contributed by atoms with Crippen molar-refractivity contribution in [1.82, 2.24) is 5.32 Å². The molecule has 0 fully saturated rings. The van der Waals surface area contributed by atoms with E-state index in [0.717, 1.165) is 12.8 Å². The van der Waals surface area contributed by atoms with Crippen LogP contribution in [0.2, 0.25) is 0 Å². The van der Waals surface area contributed by atoms with Gasteiger partial charge in [-0.2, -0.15) is 0 Å². The van der Waals surface area contributed by atoms with Gasteiger partial charge in [-0.25, -0.2) is 0 Å². The van der Waals surface area contributed by atoms with E-state index in [4.69, 9.17) is 11.2 Å². The fourth-order valence-electron chi connectivity index (χ4n) is 1.15. The second-order valence-corrected chi connectivity index (χ2v) is 3.00. The molecule has 0 spiro atoms. The van der Waals surface area contributed by atoms with E-state index in [1.54, 1.807) is 0 Å². The van der Waals surface area contributed by atoms with Gasteiger partial charge in [0.1, 0.15) is 6.04 Å². The first kappa shape index (κ1) is 13.0. The molecule has 0 aromatic heterocycles. The van der Waals surface area contributed by atoms with Gasteiger partial charge >= 0.3 is 5.97 Å². The molecule has 3 nitrogen and oxygen atoms in total. The molecule has 1 N–H and O–H groups in total. The monoisotopic (exact) mass is 197 g/mol. The maximum absolute atomic E-state index is 11.4. The van der Waals surface area contributed by atoms with Gasteiger partial charge in [0.05, 0.1) is 6.61 Å². The fourth-order valence-corrected chi connectivity index (χ4v) is 1.15. The minimum absolute atomic E-state index is 0.175. The number of hydrogen-bond acceptors (Lipinski definition) is 3. The number of esters is 1. The molecule has 0 aromatic carbocycles. The van der Waals surface area contributed by atoms with Crippen LogP contribution < -0.4 is 5.32 Å². The van der Waals surface area contributed by atoms with Gasteiger partial charge in [-0.05, 0) is 13.3 Å². The molecule has 0 aliphatic heterocycles. The van der Waals surface area contributed by atoms with Crippen LogP contribution >= 0.6 is 0 Å². The van der Waals surface area contributed by atoms with E-state index in [1.165, 1.54) is 0 Å². The molecule has 1 unspecified atom stereocenters. The number of carbonyl (C=O) groups excluding carboxylic acids is 1. The van der Waals surface area contributed by atoms with E-state index in [-0.39, 0.29) is 12.0 Å². The summed E-state index contributed by atoms with van der Waals surface area (Å²) in [6.07, 6.45) is 7.50. The third-order valence-corrected chi connectivity index (χ3v) is 1.81. The highest BCUT2D eigenvalue weighted by molar-refractivity contribution is 5.75. The second-order valence-electron chi connectivity index (χ2n) is 3.00. The highest BCUT2D eigenvalue weighted by Gasteiger charge is 2.16. The summed E-state index contributed by atoms with van der Waals surface area (Å²) < 4.78 is 4.93. The quantitative estimate of drug-likeness (QED) is 0.380. The minimum atomic E-state index is -0.201. The summed E-state index contributed by atoms with van der Waals surface area (Å²) in [5, 5.41) is 3.09. The van der Waals surface area contributed by atoms with Crippen molar-refractivity contribution in [2.45, 2.75) is 39.2 Å². The summed E-state index contributed by atoms with van der Waals surface area (Å²) >= 11 is 0. The Bertz CT molecular complexity index is 196. The van der Waals surface area contributed by atoms with Crippen molar-refractivity contribution < 1.29 is 9.53 Å². The van der Waals surface area contributed by atoms with Crippen LogP contribution in [0.5, 0.6) is 0 Å². The number of hydrogen-bond donors (Lipinski definition) is 1. The van der Waals surface area contributed by atoms with Crippen LogP contribution in [-0.2, 0) is 9.53 Å². The summed E-state index contributed by atoms with van der Waals surface area (Å²) in [6, 6.07) is -0.201. The van der Waals surface area contributed by atoms with Crippen LogP contribution in [0.4, 0.5) is 0 Å². The zero-order valence-electron chi connectivity index (χ0n) is 9.01. The van der Waals surface area contributed by atoms with Gasteiger partial charge < -0.3 is 10.1 Å². The van der Waals surface area contributed by atoms with E-state index < -0.39 is 0 Å². The Labute approximate surface area is 86.2 Å². The van der Waals surface area contributed by atoms with Crippen molar-refractivity contribution in [3.63, 3.8) is 0 Å². The molecule has 14 heavy (non-hydrogen) atoms. The van der Waals surface area contributed by atoms with Gasteiger partial charge in [0.2, 0.25) is 0 Å². The molecule has 0 radical (unpaired) electrons. The molecule has 80 valence electrons. The van der Waals surface area contributed by atoms with Crippen LogP contribution in [0.15, 0.2) is 0 Å². The van der Waals surface area contributed by atoms with Crippen LogP contribution in [0, 0.1) is 12.3 Å². The Morgan fingerprint density at radius 1 is 1.57 bits per heavy atom. The van der Waals surface area contributed by atoms with Crippen molar-refractivity contribution in [2.24, 2.45) is 0 Å². The number of terminal acetylenes is 1. The SMILES string of the molecule is C#CCCNC(CCC)C(=O)OCC. The third kappa shape index (κ3) is 5.60. The lowest BCUT2D eigenvalue weighted by Crippen LogP contribution is -2.38. The Kier molecular flexibility index (Phi) is 7.96. The average Bonchev–Trinajstić information content (AvgIpc) is 2.17. The molecule has 1 atom stereocenters. The number of carbonyl (C=O) groups is 1. The standard InChI is InChI=1S/C11H19NO2/c1-4-7-9-12-10(8-5-2)11(13)14-6-3/h1,10,12H,5-9H2,2-3H3. The lowest BCUT2D eigenvalue weighted by molar-refractivity contribution is -0.145. The Morgan fingerprint density at radius 3 is 2.79 bits per heavy atom. The molecule has 0 aliphatic carbocycles. The van der Waals surface area contributed by atoms with Gasteiger partial charge in [0.25, 0.3) is 0 Å². The van der Waals surface area contributed by atoms with Crippen molar-refractivity contribution in [1.29, 1.82) is 0 Å².